The molecule has 2 atom stereocenters. The predicted octanol–water partition coefficient (Wildman–Crippen LogP) is 2.59. The first-order chi connectivity index (χ1) is 12.2. The van der Waals surface area contributed by atoms with E-state index >= 15 is 0 Å². The Morgan fingerprint density at radius 1 is 1.04 bits per heavy atom. The molecule has 2 fully saturated rings. The highest BCUT2D eigenvalue weighted by Gasteiger charge is 2.39. The number of likely N-dealkylation sites (tertiary alicyclic amines) is 2. The standard InChI is InChI=1S/C18H25N3O2.C2H6/c1-19-17(22)15-10-7-13-21(15)18(23)16(20-11-5-6-12-20)14-8-3-2-4-9-14;1-2/h2-4,8-9,15-16H,5-7,10-13H2,1H3,(H,19,22);1-2H3. The maximum atomic E-state index is 13.3. The van der Waals surface area contributed by atoms with Gasteiger partial charge in [0.05, 0.1) is 0 Å². The molecule has 2 aliphatic rings. The SMILES string of the molecule is CC.CNC(=O)C1CCCN1C(=O)C(c1ccccc1)N1CCCC1. The van der Waals surface area contributed by atoms with E-state index in [0.29, 0.717) is 6.54 Å². The number of amides is 2. The van der Waals surface area contributed by atoms with Gasteiger partial charge in [-0.25, -0.2) is 0 Å². The molecule has 0 aromatic heterocycles. The van der Waals surface area contributed by atoms with Crippen LogP contribution in [0.15, 0.2) is 30.3 Å². The lowest BCUT2D eigenvalue weighted by atomic mass is 10.0. The van der Waals surface area contributed by atoms with Crippen LogP contribution in [0, 0.1) is 0 Å². The van der Waals surface area contributed by atoms with Crippen LogP contribution in [0.5, 0.6) is 0 Å². The summed E-state index contributed by atoms with van der Waals surface area (Å²) < 4.78 is 0. The van der Waals surface area contributed by atoms with Gasteiger partial charge in [0.1, 0.15) is 12.1 Å². The van der Waals surface area contributed by atoms with E-state index in [9.17, 15) is 9.59 Å². The number of nitrogens with one attached hydrogen (secondary N) is 1. The van der Waals surface area contributed by atoms with Crippen molar-refractivity contribution >= 4 is 11.8 Å². The highest BCUT2D eigenvalue weighted by atomic mass is 16.2. The molecule has 2 saturated heterocycles. The minimum absolute atomic E-state index is 0.0518. The number of hydrogen-bond donors (Lipinski definition) is 1. The summed E-state index contributed by atoms with van der Waals surface area (Å²) in [4.78, 5) is 29.4. The van der Waals surface area contributed by atoms with Gasteiger partial charge in [0.25, 0.3) is 0 Å². The van der Waals surface area contributed by atoms with Crippen molar-refractivity contribution in [2.24, 2.45) is 0 Å². The second-order valence-corrected chi connectivity index (χ2v) is 6.36. The van der Waals surface area contributed by atoms with Crippen LogP contribution in [0.4, 0.5) is 0 Å². The molecule has 0 saturated carbocycles. The van der Waals surface area contributed by atoms with Gasteiger partial charge in [-0.1, -0.05) is 44.2 Å². The van der Waals surface area contributed by atoms with Crippen LogP contribution in [-0.4, -0.2) is 54.3 Å². The van der Waals surface area contributed by atoms with Crippen molar-refractivity contribution in [1.29, 1.82) is 0 Å². The van der Waals surface area contributed by atoms with Crippen LogP contribution in [-0.2, 0) is 9.59 Å². The third kappa shape index (κ3) is 4.40. The van der Waals surface area contributed by atoms with E-state index in [0.717, 1.165) is 44.3 Å². The van der Waals surface area contributed by atoms with Crippen LogP contribution in [0.1, 0.15) is 51.1 Å². The number of hydrogen-bond acceptors (Lipinski definition) is 3. The summed E-state index contributed by atoms with van der Waals surface area (Å²) in [5, 5.41) is 2.69. The molecule has 1 N–H and O–H groups in total. The third-order valence-electron chi connectivity index (χ3n) is 4.94. The predicted molar refractivity (Wildman–Crippen MR) is 100 cm³/mol. The molecular formula is C20H31N3O2. The summed E-state index contributed by atoms with van der Waals surface area (Å²) in [6.07, 6.45) is 3.92. The van der Waals surface area contributed by atoms with Crippen LogP contribution in [0.25, 0.3) is 0 Å². The summed E-state index contributed by atoms with van der Waals surface area (Å²) in [5.74, 6) is 0.0216. The van der Waals surface area contributed by atoms with Crippen molar-refractivity contribution in [2.45, 2.75) is 51.6 Å². The molecule has 1 aromatic carbocycles. The average molecular weight is 345 g/mol. The number of nitrogens with zero attached hydrogens (tertiary/aromatic N) is 2. The summed E-state index contributed by atoms with van der Waals surface area (Å²) >= 11 is 0. The Labute approximate surface area is 151 Å². The molecule has 25 heavy (non-hydrogen) atoms. The highest BCUT2D eigenvalue weighted by Crippen LogP contribution is 2.30. The topological polar surface area (TPSA) is 52.7 Å². The summed E-state index contributed by atoms with van der Waals surface area (Å²) in [6, 6.07) is 9.39. The smallest absolute Gasteiger partial charge is 0.245 e. The normalized spacial score (nSPS) is 21.4. The molecule has 0 radical (unpaired) electrons. The van der Waals surface area contributed by atoms with E-state index in [2.05, 4.69) is 10.2 Å². The van der Waals surface area contributed by atoms with Gasteiger partial charge in [0.2, 0.25) is 11.8 Å². The van der Waals surface area contributed by atoms with Crippen LogP contribution in [0.3, 0.4) is 0 Å². The van der Waals surface area contributed by atoms with Gasteiger partial charge < -0.3 is 10.2 Å². The van der Waals surface area contributed by atoms with E-state index in [4.69, 9.17) is 0 Å². The highest BCUT2D eigenvalue weighted by molar-refractivity contribution is 5.90. The summed E-state index contributed by atoms with van der Waals surface area (Å²) in [6.45, 7) is 6.57. The van der Waals surface area contributed by atoms with Gasteiger partial charge in [-0.2, -0.15) is 0 Å². The molecule has 5 nitrogen and oxygen atoms in total. The van der Waals surface area contributed by atoms with Crippen LogP contribution in [0.2, 0.25) is 0 Å². The zero-order chi connectivity index (χ0) is 18.2. The Bertz CT molecular complexity index is 555. The number of carbonyl (C=O) groups excluding carboxylic acids is 2. The van der Waals surface area contributed by atoms with Crippen molar-refractivity contribution in [3.8, 4) is 0 Å². The van der Waals surface area contributed by atoms with Gasteiger partial charge in [0, 0.05) is 13.6 Å². The van der Waals surface area contributed by atoms with E-state index in [1.54, 1.807) is 11.9 Å². The zero-order valence-corrected chi connectivity index (χ0v) is 15.7. The van der Waals surface area contributed by atoms with Crippen molar-refractivity contribution in [3.63, 3.8) is 0 Å². The molecule has 2 heterocycles. The molecule has 0 spiro atoms. The Morgan fingerprint density at radius 3 is 2.28 bits per heavy atom. The largest absolute Gasteiger partial charge is 0.357 e. The molecule has 2 amide bonds. The molecular weight excluding hydrogens is 314 g/mol. The van der Waals surface area contributed by atoms with E-state index in [1.165, 1.54) is 0 Å². The molecule has 0 bridgehead atoms. The van der Waals surface area contributed by atoms with Crippen molar-refractivity contribution < 1.29 is 9.59 Å². The van der Waals surface area contributed by atoms with Gasteiger partial charge >= 0.3 is 0 Å². The van der Waals surface area contributed by atoms with Crippen molar-refractivity contribution in [2.75, 3.05) is 26.7 Å². The van der Waals surface area contributed by atoms with Crippen molar-refractivity contribution in [1.82, 2.24) is 15.1 Å². The fraction of sp³-hybridized carbons (Fsp3) is 0.600. The average Bonchev–Trinajstić information content (AvgIpc) is 3.36. The van der Waals surface area contributed by atoms with Crippen LogP contribution >= 0.6 is 0 Å². The molecule has 2 unspecified atom stereocenters. The van der Waals surface area contributed by atoms with Crippen LogP contribution < -0.4 is 5.32 Å². The first kappa shape index (κ1) is 19.4. The lowest BCUT2D eigenvalue weighted by Crippen LogP contribution is -2.49. The van der Waals surface area contributed by atoms with Gasteiger partial charge in [-0.05, 0) is 44.3 Å². The quantitative estimate of drug-likeness (QED) is 0.912. The number of likely N-dealkylation sites (N-methyl/N-ethyl adjacent to an activating group) is 1. The van der Waals surface area contributed by atoms with E-state index in [-0.39, 0.29) is 23.9 Å². The number of benzene rings is 1. The number of rotatable bonds is 4. The van der Waals surface area contributed by atoms with Gasteiger partial charge in [-0.3, -0.25) is 14.5 Å². The van der Waals surface area contributed by atoms with Crippen molar-refractivity contribution in [3.05, 3.63) is 35.9 Å². The monoisotopic (exact) mass is 345 g/mol. The summed E-state index contributed by atoms with van der Waals surface area (Å²) in [7, 11) is 1.64. The molecule has 138 valence electrons. The first-order valence-electron chi connectivity index (χ1n) is 9.53. The Morgan fingerprint density at radius 2 is 1.68 bits per heavy atom. The fourth-order valence-electron chi connectivity index (χ4n) is 3.77. The summed E-state index contributed by atoms with van der Waals surface area (Å²) in [5.41, 5.74) is 1.03. The minimum Gasteiger partial charge on any atom is -0.357 e. The second kappa shape index (κ2) is 9.56. The number of carbonyl (C=O) groups is 2. The molecule has 1 aromatic rings. The maximum absolute atomic E-state index is 13.3. The molecule has 5 heteroatoms. The fourth-order valence-corrected chi connectivity index (χ4v) is 3.77. The minimum atomic E-state index is -0.318. The third-order valence-corrected chi connectivity index (χ3v) is 4.94. The maximum Gasteiger partial charge on any atom is 0.245 e. The Hall–Kier alpha value is -1.88. The lowest BCUT2D eigenvalue weighted by molar-refractivity contribution is -0.142. The van der Waals surface area contributed by atoms with E-state index in [1.807, 2.05) is 44.2 Å². The zero-order valence-electron chi connectivity index (χ0n) is 15.7. The Kier molecular flexibility index (Phi) is 7.44. The molecule has 3 rings (SSSR count). The second-order valence-electron chi connectivity index (χ2n) is 6.36. The van der Waals surface area contributed by atoms with Gasteiger partial charge in [0.15, 0.2) is 0 Å². The first-order valence-corrected chi connectivity index (χ1v) is 9.53. The Balaban J connectivity index is 0.00000109. The molecule has 0 aliphatic carbocycles. The van der Waals surface area contributed by atoms with Gasteiger partial charge in [-0.15, -0.1) is 0 Å². The van der Waals surface area contributed by atoms with E-state index < -0.39 is 0 Å². The molecule has 2 aliphatic heterocycles. The lowest BCUT2D eigenvalue weighted by Gasteiger charge is -2.33.